The van der Waals surface area contributed by atoms with Gasteiger partial charge in [0.25, 0.3) is 5.91 Å². The molecule has 0 aliphatic heterocycles. The van der Waals surface area contributed by atoms with Gasteiger partial charge in [-0.05, 0) is 48.9 Å². The Balaban J connectivity index is 1.85. The number of nitrogens with one attached hydrogen (secondary N) is 1. The molecule has 0 spiro atoms. The smallest absolute Gasteiger partial charge is 0.339 e. The summed E-state index contributed by atoms with van der Waals surface area (Å²) in [4.78, 5) is 12.4. The zero-order valence-electron chi connectivity index (χ0n) is 14.3. The summed E-state index contributed by atoms with van der Waals surface area (Å²) in [5.41, 5.74) is 1.75. The highest BCUT2D eigenvalue weighted by Gasteiger charge is 2.20. The normalized spacial score (nSPS) is 11.0. The molecule has 0 saturated carbocycles. The topological polar surface area (TPSA) is 72.5 Å². The Kier molecular flexibility index (Phi) is 5.48. The quantitative estimate of drug-likeness (QED) is 0.630. The first-order chi connectivity index (χ1) is 12.9. The molecule has 0 bridgehead atoms. The summed E-state index contributed by atoms with van der Waals surface area (Å²) >= 11 is 5.95. The molecular weight excluding hydrogens is 386 g/mol. The molecule has 0 aliphatic carbocycles. The van der Waals surface area contributed by atoms with Crippen molar-refractivity contribution in [1.82, 2.24) is 0 Å². The van der Waals surface area contributed by atoms with Crippen molar-refractivity contribution in [2.45, 2.75) is 11.8 Å². The molecule has 0 saturated heterocycles. The molecule has 1 amide bonds. The molecule has 0 fully saturated rings. The minimum Gasteiger partial charge on any atom is -0.377 e. The second kappa shape index (κ2) is 7.82. The van der Waals surface area contributed by atoms with Crippen LogP contribution in [0.25, 0.3) is 0 Å². The van der Waals surface area contributed by atoms with Crippen LogP contribution in [-0.2, 0) is 10.1 Å². The van der Waals surface area contributed by atoms with Crippen LogP contribution in [0, 0.1) is 6.92 Å². The average Bonchev–Trinajstić information content (AvgIpc) is 2.65. The van der Waals surface area contributed by atoms with Gasteiger partial charge in [0.05, 0.1) is 5.02 Å². The number of carbonyl (C=O) groups is 1. The molecule has 3 aromatic rings. The largest absolute Gasteiger partial charge is 0.377 e. The molecule has 0 aliphatic rings. The van der Waals surface area contributed by atoms with Crippen molar-refractivity contribution in [2.75, 3.05) is 5.32 Å². The fourth-order valence-electron chi connectivity index (χ4n) is 2.38. The first-order valence-corrected chi connectivity index (χ1v) is 9.81. The molecule has 0 aromatic heterocycles. The van der Waals surface area contributed by atoms with E-state index >= 15 is 0 Å². The number of anilines is 1. The van der Waals surface area contributed by atoms with Crippen LogP contribution in [0.2, 0.25) is 5.02 Å². The Labute approximate surface area is 162 Å². The van der Waals surface area contributed by atoms with Crippen LogP contribution in [-0.4, -0.2) is 14.3 Å². The number of hydrogen-bond acceptors (Lipinski definition) is 4. The van der Waals surface area contributed by atoms with Crippen molar-refractivity contribution in [2.24, 2.45) is 0 Å². The van der Waals surface area contributed by atoms with E-state index in [1.807, 2.05) is 19.1 Å². The first kappa shape index (κ1) is 18.9. The van der Waals surface area contributed by atoms with E-state index in [1.165, 1.54) is 36.4 Å². The predicted molar refractivity (Wildman–Crippen MR) is 105 cm³/mol. The van der Waals surface area contributed by atoms with Crippen LogP contribution >= 0.6 is 11.6 Å². The lowest BCUT2D eigenvalue weighted by Crippen LogP contribution is -2.15. The van der Waals surface area contributed by atoms with E-state index in [1.54, 1.807) is 24.3 Å². The van der Waals surface area contributed by atoms with Gasteiger partial charge in [0, 0.05) is 11.3 Å². The van der Waals surface area contributed by atoms with Crippen molar-refractivity contribution in [3.05, 3.63) is 88.9 Å². The highest BCUT2D eigenvalue weighted by Crippen LogP contribution is 2.27. The minimum atomic E-state index is -4.14. The zero-order chi connectivity index (χ0) is 19.4. The van der Waals surface area contributed by atoms with Crippen molar-refractivity contribution in [3.63, 3.8) is 0 Å². The summed E-state index contributed by atoms with van der Waals surface area (Å²) in [5.74, 6) is -0.395. The highest BCUT2D eigenvalue weighted by molar-refractivity contribution is 7.87. The fraction of sp³-hybridized carbons (Fsp3) is 0.0500. The highest BCUT2D eigenvalue weighted by atomic mass is 35.5. The summed E-state index contributed by atoms with van der Waals surface area (Å²) in [5, 5.41) is 2.94. The molecule has 138 valence electrons. The van der Waals surface area contributed by atoms with Gasteiger partial charge in [0.15, 0.2) is 5.75 Å². The van der Waals surface area contributed by atoms with Gasteiger partial charge in [0.1, 0.15) is 4.90 Å². The van der Waals surface area contributed by atoms with Crippen molar-refractivity contribution in [3.8, 4) is 5.75 Å². The monoisotopic (exact) mass is 401 g/mol. The number of para-hydroxylation sites is 2. The second-order valence-corrected chi connectivity index (χ2v) is 7.72. The van der Waals surface area contributed by atoms with Crippen molar-refractivity contribution < 1.29 is 17.4 Å². The van der Waals surface area contributed by atoms with E-state index in [4.69, 9.17) is 15.8 Å². The summed E-state index contributed by atoms with van der Waals surface area (Å²) < 4.78 is 30.2. The Morgan fingerprint density at radius 1 is 0.963 bits per heavy atom. The minimum absolute atomic E-state index is 0.0222. The summed E-state index contributed by atoms with van der Waals surface area (Å²) in [6, 6.07) is 19.2. The Hall–Kier alpha value is -2.83. The maximum Gasteiger partial charge on any atom is 0.339 e. The first-order valence-electron chi connectivity index (χ1n) is 8.03. The number of aryl methyl sites for hydroxylation is 1. The number of hydrogen-bond donors (Lipinski definition) is 1. The molecule has 5 nitrogen and oxygen atoms in total. The lowest BCUT2D eigenvalue weighted by Gasteiger charge is -2.11. The number of rotatable bonds is 5. The van der Waals surface area contributed by atoms with Gasteiger partial charge in [-0.15, -0.1) is 0 Å². The number of benzene rings is 3. The number of halogens is 1. The average molecular weight is 402 g/mol. The van der Waals surface area contributed by atoms with Crippen LogP contribution in [0.5, 0.6) is 5.75 Å². The SMILES string of the molecule is Cc1ccccc1NC(=O)c1cccc(S(=O)(=O)Oc2ccccc2Cl)c1. The molecule has 0 atom stereocenters. The summed E-state index contributed by atoms with van der Waals surface area (Å²) in [7, 11) is -4.14. The molecule has 0 radical (unpaired) electrons. The van der Waals surface area contributed by atoms with Crippen LogP contribution in [0.4, 0.5) is 5.69 Å². The van der Waals surface area contributed by atoms with E-state index < -0.39 is 16.0 Å². The maximum atomic E-state index is 12.5. The van der Waals surface area contributed by atoms with E-state index in [2.05, 4.69) is 5.32 Å². The number of amides is 1. The van der Waals surface area contributed by atoms with Crippen molar-refractivity contribution in [1.29, 1.82) is 0 Å². The molecule has 1 N–H and O–H groups in total. The van der Waals surface area contributed by atoms with E-state index in [0.29, 0.717) is 5.69 Å². The van der Waals surface area contributed by atoms with Gasteiger partial charge in [0.2, 0.25) is 0 Å². The molecular formula is C20H16ClNO4S. The maximum absolute atomic E-state index is 12.5. The molecule has 27 heavy (non-hydrogen) atoms. The third kappa shape index (κ3) is 4.48. The molecule has 7 heteroatoms. The van der Waals surface area contributed by atoms with Gasteiger partial charge in [-0.3, -0.25) is 4.79 Å². The van der Waals surface area contributed by atoms with Gasteiger partial charge in [-0.1, -0.05) is 48.0 Å². The molecule has 3 rings (SSSR count). The Morgan fingerprint density at radius 3 is 2.41 bits per heavy atom. The van der Waals surface area contributed by atoms with Gasteiger partial charge < -0.3 is 9.50 Å². The molecule has 0 heterocycles. The molecule has 0 unspecified atom stereocenters. The van der Waals surface area contributed by atoms with Gasteiger partial charge in [-0.25, -0.2) is 0 Å². The van der Waals surface area contributed by atoms with E-state index in [-0.39, 0.29) is 21.2 Å². The van der Waals surface area contributed by atoms with E-state index in [9.17, 15) is 13.2 Å². The van der Waals surface area contributed by atoms with Crippen LogP contribution in [0.1, 0.15) is 15.9 Å². The zero-order valence-corrected chi connectivity index (χ0v) is 15.9. The standard InChI is InChI=1S/C20H16ClNO4S/c1-14-7-2-4-11-18(14)22-20(23)15-8-6-9-16(13-15)27(24,25)26-19-12-5-3-10-17(19)21/h2-13H,1H3,(H,22,23). The third-order valence-electron chi connectivity index (χ3n) is 3.81. The van der Waals surface area contributed by atoms with Gasteiger partial charge in [-0.2, -0.15) is 8.42 Å². The Morgan fingerprint density at radius 2 is 1.67 bits per heavy atom. The van der Waals surface area contributed by atoms with Crippen LogP contribution in [0.15, 0.2) is 77.7 Å². The molecule has 3 aromatic carbocycles. The van der Waals surface area contributed by atoms with E-state index in [0.717, 1.165) is 5.56 Å². The summed E-state index contributed by atoms with van der Waals surface area (Å²) in [6.07, 6.45) is 0. The lowest BCUT2D eigenvalue weighted by molar-refractivity contribution is 0.102. The Bertz CT molecular complexity index is 1100. The third-order valence-corrected chi connectivity index (χ3v) is 5.36. The summed E-state index contributed by atoms with van der Waals surface area (Å²) in [6.45, 7) is 1.87. The predicted octanol–water partition coefficient (Wildman–Crippen LogP) is 4.67. The fourth-order valence-corrected chi connectivity index (χ4v) is 3.59. The van der Waals surface area contributed by atoms with Crippen molar-refractivity contribution >= 4 is 33.3 Å². The second-order valence-electron chi connectivity index (χ2n) is 5.76. The number of carbonyl (C=O) groups excluding carboxylic acids is 1. The lowest BCUT2D eigenvalue weighted by atomic mass is 10.1. The van der Waals surface area contributed by atoms with Crippen LogP contribution < -0.4 is 9.50 Å². The van der Waals surface area contributed by atoms with Crippen LogP contribution in [0.3, 0.4) is 0 Å². The van der Waals surface area contributed by atoms with Gasteiger partial charge >= 0.3 is 10.1 Å².